The number of aliphatic hydroxyl groups is 1. The lowest BCUT2D eigenvalue weighted by Gasteiger charge is -2.27. The first kappa shape index (κ1) is 14.8. The van der Waals surface area contributed by atoms with Crippen molar-refractivity contribution in [3.05, 3.63) is 29.3 Å². The first-order valence-corrected chi connectivity index (χ1v) is 6.85. The van der Waals surface area contributed by atoms with Gasteiger partial charge in [-0.25, -0.2) is 0 Å². The Bertz CT molecular complexity index is 467. The van der Waals surface area contributed by atoms with E-state index in [1.807, 2.05) is 19.1 Å². The van der Waals surface area contributed by atoms with Crippen molar-refractivity contribution < 1.29 is 19.4 Å². The molecule has 1 N–H and O–H groups in total. The van der Waals surface area contributed by atoms with Crippen LogP contribution in [-0.2, 0) is 9.53 Å². The normalized spacial score (nSPS) is 16.9. The van der Waals surface area contributed by atoms with Crippen molar-refractivity contribution in [2.24, 2.45) is 0 Å². The maximum absolute atomic E-state index is 12.0. The molecule has 5 heteroatoms. The Morgan fingerprint density at radius 2 is 2.15 bits per heavy atom. The molecule has 0 saturated carbocycles. The second-order valence-electron chi connectivity index (χ2n) is 5.00. The van der Waals surface area contributed by atoms with E-state index in [9.17, 15) is 9.90 Å². The Hall–Kier alpha value is -1.59. The molecule has 1 amide bonds. The highest BCUT2D eigenvalue weighted by molar-refractivity contribution is 5.77. The zero-order valence-electron chi connectivity index (χ0n) is 12.0. The summed E-state index contributed by atoms with van der Waals surface area (Å²) in [5, 5.41) is 9.75. The van der Waals surface area contributed by atoms with Crippen molar-refractivity contribution in [2.45, 2.75) is 20.0 Å². The number of ether oxygens (including phenoxy) is 2. The molecule has 20 heavy (non-hydrogen) atoms. The largest absolute Gasteiger partial charge is 0.483 e. The third kappa shape index (κ3) is 3.71. The minimum atomic E-state index is -0.622. The smallest absolute Gasteiger partial charge is 0.260 e. The number of hydrogen-bond donors (Lipinski definition) is 1. The molecule has 1 aliphatic heterocycles. The number of benzene rings is 1. The molecule has 5 nitrogen and oxygen atoms in total. The van der Waals surface area contributed by atoms with Gasteiger partial charge in [0, 0.05) is 18.7 Å². The fourth-order valence-electron chi connectivity index (χ4n) is 2.17. The molecule has 1 aromatic rings. The molecule has 1 atom stereocenters. The molecule has 110 valence electrons. The van der Waals surface area contributed by atoms with Crippen LogP contribution in [0.3, 0.4) is 0 Å². The maximum Gasteiger partial charge on any atom is 0.260 e. The molecule has 0 aromatic heterocycles. The summed E-state index contributed by atoms with van der Waals surface area (Å²) in [4.78, 5) is 13.7. The van der Waals surface area contributed by atoms with Crippen LogP contribution in [0.25, 0.3) is 0 Å². The fraction of sp³-hybridized carbons (Fsp3) is 0.533. The number of aliphatic hydroxyl groups excluding tert-OH is 1. The Balaban J connectivity index is 1.98. The van der Waals surface area contributed by atoms with Crippen LogP contribution in [-0.4, -0.2) is 48.8 Å². The fourth-order valence-corrected chi connectivity index (χ4v) is 2.17. The van der Waals surface area contributed by atoms with Crippen molar-refractivity contribution >= 4 is 5.91 Å². The van der Waals surface area contributed by atoms with Gasteiger partial charge in [-0.15, -0.1) is 0 Å². The SMILES string of the molecule is Cc1ccc(OCC(=O)N2CCOCC2)c(C(C)O)c1. The highest BCUT2D eigenvalue weighted by Crippen LogP contribution is 2.26. The van der Waals surface area contributed by atoms with Gasteiger partial charge in [0.15, 0.2) is 6.61 Å². The zero-order valence-corrected chi connectivity index (χ0v) is 12.0. The second-order valence-corrected chi connectivity index (χ2v) is 5.00. The molecular weight excluding hydrogens is 258 g/mol. The van der Waals surface area contributed by atoms with Crippen LogP contribution in [0.15, 0.2) is 18.2 Å². The first-order chi connectivity index (χ1) is 9.58. The number of amides is 1. The Morgan fingerprint density at radius 1 is 1.45 bits per heavy atom. The summed E-state index contributed by atoms with van der Waals surface area (Å²) >= 11 is 0. The molecule has 1 unspecified atom stereocenters. The molecule has 1 heterocycles. The van der Waals surface area contributed by atoms with Gasteiger partial charge < -0.3 is 19.5 Å². The summed E-state index contributed by atoms with van der Waals surface area (Å²) in [5.74, 6) is 0.512. The molecule has 2 rings (SSSR count). The van der Waals surface area contributed by atoms with Gasteiger partial charge in [0.05, 0.1) is 19.3 Å². The van der Waals surface area contributed by atoms with Crippen LogP contribution in [0.2, 0.25) is 0 Å². The van der Waals surface area contributed by atoms with Gasteiger partial charge in [-0.05, 0) is 26.0 Å². The molecule has 1 aromatic carbocycles. The number of carbonyl (C=O) groups is 1. The topological polar surface area (TPSA) is 59.0 Å². The summed E-state index contributed by atoms with van der Waals surface area (Å²) in [5.41, 5.74) is 1.76. The lowest BCUT2D eigenvalue weighted by atomic mass is 10.1. The second kappa shape index (κ2) is 6.72. The average molecular weight is 279 g/mol. The van der Waals surface area contributed by atoms with Crippen molar-refractivity contribution in [3.63, 3.8) is 0 Å². The van der Waals surface area contributed by atoms with Gasteiger partial charge in [0.25, 0.3) is 5.91 Å². The zero-order chi connectivity index (χ0) is 14.5. The number of nitrogens with zero attached hydrogens (tertiary/aromatic N) is 1. The van der Waals surface area contributed by atoms with E-state index in [1.165, 1.54) is 0 Å². The molecule has 1 aliphatic rings. The standard InChI is InChI=1S/C15H21NO4/c1-11-3-4-14(13(9-11)12(2)17)20-10-15(18)16-5-7-19-8-6-16/h3-4,9,12,17H,5-8,10H2,1-2H3. The number of carbonyl (C=O) groups excluding carboxylic acids is 1. The van der Waals surface area contributed by atoms with Gasteiger partial charge in [-0.1, -0.05) is 11.6 Å². The van der Waals surface area contributed by atoms with E-state index in [0.717, 1.165) is 5.56 Å². The number of hydrogen-bond acceptors (Lipinski definition) is 4. The van der Waals surface area contributed by atoms with E-state index in [1.54, 1.807) is 17.9 Å². The lowest BCUT2D eigenvalue weighted by molar-refractivity contribution is -0.137. The Kier molecular flexibility index (Phi) is 4.98. The summed E-state index contributed by atoms with van der Waals surface area (Å²) in [6.45, 7) is 6.01. The first-order valence-electron chi connectivity index (χ1n) is 6.85. The van der Waals surface area contributed by atoms with Crippen LogP contribution >= 0.6 is 0 Å². The van der Waals surface area contributed by atoms with E-state index < -0.39 is 6.10 Å². The van der Waals surface area contributed by atoms with Crippen LogP contribution in [0.5, 0.6) is 5.75 Å². The van der Waals surface area contributed by atoms with Gasteiger partial charge in [0.2, 0.25) is 0 Å². The van der Waals surface area contributed by atoms with Crippen LogP contribution in [0.1, 0.15) is 24.2 Å². The van der Waals surface area contributed by atoms with Gasteiger partial charge in [-0.2, -0.15) is 0 Å². The van der Waals surface area contributed by atoms with E-state index in [-0.39, 0.29) is 12.5 Å². The van der Waals surface area contributed by atoms with Crippen LogP contribution < -0.4 is 4.74 Å². The summed E-state index contributed by atoms with van der Waals surface area (Å²) < 4.78 is 10.8. The quantitative estimate of drug-likeness (QED) is 0.902. The highest BCUT2D eigenvalue weighted by atomic mass is 16.5. The summed E-state index contributed by atoms with van der Waals surface area (Å²) in [6, 6.07) is 5.57. The number of aryl methyl sites for hydroxylation is 1. The van der Waals surface area contributed by atoms with Crippen molar-refractivity contribution in [1.29, 1.82) is 0 Å². The third-order valence-electron chi connectivity index (χ3n) is 3.33. The summed E-state index contributed by atoms with van der Waals surface area (Å²) in [7, 11) is 0. The molecular formula is C15H21NO4. The van der Waals surface area contributed by atoms with E-state index in [2.05, 4.69) is 0 Å². The van der Waals surface area contributed by atoms with E-state index in [0.29, 0.717) is 37.6 Å². The van der Waals surface area contributed by atoms with E-state index in [4.69, 9.17) is 9.47 Å². The van der Waals surface area contributed by atoms with Gasteiger partial charge >= 0.3 is 0 Å². The predicted octanol–water partition coefficient (Wildman–Crippen LogP) is 1.29. The Morgan fingerprint density at radius 3 is 2.80 bits per heavy atom. The van der Waals surface area contributed by atoms with Gasteiger partial charge in [0.1, 0.15) is 5.75 Å². The molecule has 0 radical (unpaired) electrons. The van der Waals surface area contributed by atoms with E-state index >= 15 is 0 Å². The molecule has 1 fully saturated rings. The highest BCUT2D eigenvalue weighted by Gasteiger charge is 2.18. The number of rotatable bonds is 4. The molecule has 1 saturated heterocycles. The minimum Gasteiger partial charge on any atom is -0.483 e. The Labute approximate surface area is 119 Å². The predicted molar refractivity (Wildman–Crippen MR) is 74.7 cm³/mol. The third-order valence-corrected chi connectivity index (χ3v) is 3.33. The van der Waals surface area contributed by atoms with Gasteiger partial charge in [-0.3, -0.25) is 4.79 Å². The summed E-state index contributed by atoms with van der Waals surface area (Å²) in [6.07, 6.45) is -0.622. The minimum absolute atomic E-state index is 0.0111. The number of morpholine rings is 1. The van der Waals surface area contributed by atoms with Crippen molar-refractivity contribution in [2.75, 3.05) is 32.9 Å². The monoisotopic (exact) mass is 279 g/mol. The molecule has 0 bridgehead atoms. The average Bonchev–Trinajstić information content (AvgIpc) is 2.46. The molecule has 0 aliphatic carbocycles. The van der Waals surface area contributed by atoms with Crippen LogP contribution in [0.4, 0.5) is 0 Å². The van der Waals surface area contributed by atoms with Crippen molar-refractivity contribution in [1.82, 2.24) is 4.90 Å². The molecule has 0 spiro atoms. The van der Waals surface area contributed by atoms with Crippen LogP contribution in [0, 0.1) is 6.92 Å². The van der Waals surface area contributed by atoms with Crippen molar-refractivity contribution in [3.8, 4) is 5.75 Å². The lowest BCUT2D eigenvalue weighted by Crippen LogP contribution is -2.43. The maximum atomic E-state index is 12.0.